The van der Waals surface area contributed by atoms with E-state index in [4.69, 9.17) is 4.74 Å². The molecule has 2 atom stereocenters. The SMILES string of the molecule is Cc1ccc(C(=O)Nc2ccc(S(=O)(=O)N3C[C@@H](C)O[C@H](C)C3)cc2)cn1. The van der Waals surface area contributed by atoms with E-state index in [0.717, 1.165) is 5.69 Å². The summed E-state index contributed by atoms with van der Waals surface area (Å²) in [4.78, 5) is 16.5. The fourth-order valence-electron chi connectivity index (χ4n) is 2.99. The molecule has 1 N–H and O–H groups in total. The van der Waals surface area contributed by atoms with Gasteiger partial charge in [0.2, 0.25) is 10.0 Å². The van der Waals surface area contributed by atoms with E-state index in [0.29, 0.717) is 24.3 Å². The van der Waals surface area contributed by atoms with Crippen LogP contribution in [0.4, 0.5) is 5.69 Å². The van der Waals surface area contributed by atoms with Crippen LogP contribution in [0.3, 0.4) is 0 Å². The second-order valence-corrected chi connectivity index (χ2v) is 8.68. The number of anilines is 1. The Morgan fingerprint density at radius 1 is 1.11 bits per heavy atom. The zero-order valence-electron chi connectivity index (χ0n) is 15.5. The molecule has 1 amide bonds. The average molecular weight is 389 g/mol. The Hall–Kier alpha value is -2.29. The topological polar surface area (TPSA) is 88.6 Å². The molecule has 1 saturated heterocycles. The molecular weight excluding hydrogens is 366 g/mol. The van der Waals surface area contributed by atoms with Gasteiger partial charge in [-0.25, -0.2) is 8.42 Å². The van der Waals surface area contributed by atoms with Crippen molar-refractivity contribution >= 4 is 21.6 Å². The van der Waals surface area contributed by atoms with Gasteiger partial charge in [0.1, 0.15) is 0 Å². The van der Waals surface area contributed by atoms with Crippen molar-refractivity contribution in [2.24, 2.45) is 0 Å². The van der Waals surface area contributed by atoms with Gasteiger partial charge in [-0.15, -0.1) is 0 Å². The van der Waals surface area contributed by atoms with Crippen LogP contribution >= 0.6 is 0 Å². The summed E-state index contributed by atoms with van der Waals surface area (Å²) in [5, 5.41) is 2.74. The maximum absolute atomic E-state index is 12.8. The third kappa shape index (κ3) is 4.52. The monoisotopic (exact) mass is 389 g/mol. The van der Waals surface area contributed by atoms with Gasteiger partial charge in [0.15, 0.2) is 0 Å². The Bertz CT molecular complexity index is 901. The number of benzene rings is 1. The van der Waals surface area contributed by atoms with Crippen LogP contribution in [0, 0.1) is 6.92 Å². The lowest BCUT2D eigenvalue weighted by Gasteiger charge is -2.34. The summed E-state index contributed by atoms with van der Waals surface area (Å²) >= 11 is 0. The summed E-state index contributed by atoms with van der Waals surface area (Å²) in [6, 6.07) is 9.62. The predicted octanol–water partition coefficient (Wildman–Crippen LogP) is 2.44. The Labute approximate surface area is 159 Å². The summed E-state index contributed by atoms with van der Waals surface area (Å²) in [6.45, 7) is 6.21. The standard InChI is InChI=1S/C19H23N3O4S/c1-13-4-5-16(10-20-13)19(23)21-17-6-8-18(9-7-17)27(24,25)22-11-14(2)26-15(3)12-22/h4-10,14-15H,11-12H2,1-3H3,(H,21,23)/t14-,15-/m1/s1. The molecular formula is C19H23N3O4S. The normalized spacial score (nSPS) is 21.0. The van der Waals surface area contributed by atoms with Crippen molar-refractivity contribution in [3.8, 4) is 0 Å². The van der Waals surface area contributed by atoms with Crippen LogP contribution in [-0.2, 0) is 14.8 Å². The highest BCUT2D eigenvalue weighted by atomic mass is 32.2. The molecule has 1 aliphatic heterocycles. The zero-order valence-corrected chi connectivity index (χ0v) is 16.4. The number of morpholine rings is 1. The number of carbonyl (C=O) groups is 1. The highest BCUT2D eigenvalue weighted by Crippen LogP contribution is 2.22. The van der Waals surface area contributed by atoms with Gasteiger partial charge in [0.05, 0.1) is 22.7 Å². The van der Waals surface area contributed by atoms with Crippen molar-refractivity contribution in [3.05, 3.63) is 53.9 Å². The molecule has 0 spiro atoms. The largest absolute Gasteiger partial charge is 0.373 e. The molecule has 0 radical (unpaired) electrons. The lowest BCUT2D eigenvalue weighted by atomic mass is 10.2. The third-order valence-electron chi connectivity index (χ3n) is 4.31. The number of amides is 1. The van der Waals surface area contributed by atoms with Crippen molar-refractivity contribution in [2.75, 3.05) is 18.4 Å². The molecule has 0 aliphatic carbocycles. The molecule has 1 aliphatic rings. The fourth-order valence-corrected chi connectivity index (χ4v) is 4.58. The number of sulfonamides is 1. The van der Waals surface area contributed by atoms with Crippen LogP contribution in [-0.4, -0.2) is 48.9 Å². The molecule has 144 valence electrons. The molecule has 1 aromatic carbocycles. The minimum atomic E-state index is -3.60. The van der Waals surface area contributed by atoms with Gasteiger partial charge < -0.3 is 10.1 Å². The molecule has 0 unspecified atom stereocenters. The molecule has 3 rings (SSSR count). The van der Waals surface area contributed by atoms with Crippen molar-refractivity contribution < 1.29 is 17.9 Å². The number of carbonyl (C=O) groups excluding carboxylic acids is 1. The van der Waals surface area contributed by atoms with Crippen molar-refractivity contribution in [1.29, 1.82) is 0 Å². The Balaban J connectivity index is 1.72. The van der Waals surface area contributed by atoms with Gasteiger partial charge in [0, 0.05) is 30.7 Å². The second-order valence-electron chi connectivity index (χ2n) is 6.75. The van der Waals surface area contributed by atoms with Crippen LogP contribution in [0.1, 0.15) is 29.9 Å². The van der Waals surface area contributed by atoms with Crippen molar-refractivity contribution in [3.63, 3.8) is 0 Å². The van der Waals surface area contributed by atoms with Crippen LogP contribution in [0.5, 0.6) is 0 Å². The molecule has 27 heavy (non-hydrogen) atoms. The van der Waals surface area contributed by atoms with E-state index in [1.165, 1.54) is 22.6 Å². The number of nitrogens with one attached hydrogen (secondary N) is 1. The molecule has 8 heteroatoms. The van der Waals surface area contributed by atoms with Crippen molar-refractivity contribution in [1.82, 2.24) is 9.29 Å². The number of ether oxygens (including phenoxy) is 1. The van der Waals surface area contributed by atoms with E-state index >= 15 is 0 Å². The first-order valence-corrected chi connectivity index (χ1v) is 10.2. The summed E-state index contributed by atoms with van der Waals surface area (Å²) in [5.74, 6) is -0.297. The molecule has 7 nitrogen and oxygen atoms in total. The van der Waals surface area contributed by atoms with Gasteiger partial charge in [-0.05, 0) is 57.2 Å². The molecule has 1 fully saturated rings. The number of hydrogen-bond donors (Lipinski definition) is 1. The minimum Gasteiger partial charge on any atom is -0.373 e. The van der Waals surface area contributed by atoms with Crippen LogP contribution in [0.2, 0.25) is 0 Å². The van der Waals surface area contributed by atoms with Gasteiger partial charge in [-0.3, -0.25) is 9.78 Å². The number of aryl methyl sites for hydroxylation is 1. The van der Waals surface area contributed by atoms with E-state index in [-0.39, 0.29) is 23.0 Å². The predicted molar refractivity (Wildman–Crippen MR) is 102 cm³/mol. The summed E-state index contributed by atoms with van der Waals surface area (Å²) < 4.78 is 32.7. The van der Waals surface area contributed by atoms with Gasteiger partial charge in [0.25, 0.3) is 5.91 Å². The van der Waals surface area contributed by atoms with E-state index in [1.807, 2.05) is 20.8 Å². The fraction of sp³-hybridized carbons (Fsp3) is 0.368. The van der Waals surface area contributed by atoms with E-state index in [2.05, 4.69) is 10.3 Å². The molecule has 2 heterocycles. The second kappa shape index (κ2) is 7.75. The maximum atomic E-state index is 12.8. The first-order valence-electron chi connectivity index (χ1n) is 8.75. The lowest BCUT2D eigenvalue weighted by Crippen LogP contribution is -2.48. The zero-order chi connectivity index (χ0) is 19.6. The van der Waals surface area contributed by atoms with E-state index in [9.17, 15) is 13.2 Å². The van der Waals surface area contributed by atoms with Gasteiger partial charge in [-0.1, -0.05) is 0 Å². The number of aromatic nitrogens is 1. The number of rotatable bonds is 4. The van der Waals surface area contributed by atoms with Crippen LogP contribution in [0.25, 0.3) is 0 Å². The van der Waals surface area contributed by atoms with Crippen LogP contribution in [0.15, 0.2) is 47.5 Å². The third-order valence-corrected chi connectivity index (χ3v) is 6.16. The smallest absolute Gasteiger partial charge is 0.257 e. The quantitative estimate of drug-likeness (QED) is 0.868. The number of nitrogens with zero attached hydrogens (tertiary/aromatic N) is 2. The van der Waals surface area contributed by atoms with E-state index in [1.54, 1.807) is 24.3 Å². The average Bonchev–Trinajstić information content (AvgIpc) is 2.62. The first-order chi connectivity index (χ1) is 12.8. The summed E-state index contributed by atoms with van der Waals surface area (Å²) in [7, 11) is -3.60. The first kappa shape index (κ1) is 19.5. The molecule has 2 aromatic rings. The van der Waals surface area contributed by atoms with Crippen molar-refractivity contribution in [2.45, 2.75) is 37.9 Å². The summed E-state index contributed by atoms with van der Waals surface area (Å²) in [5.41, 5.74) is 1.78. The maximum Gasteiger partial charge on any atom is 0.257 e. The number of hydrogen-bond acceptors (Lipinski definition) is 5. The molecule has 0 bridgehead atoms. The highest BCUT2D eigenvalue weighted by molar-refractivity contribution is 7.89. The van der Waals surface area contributed by atoms with Gasteiger partial charge >= 0.3 is 0 Å². The van der Waals surface area contributed by atoms with E-state index < -0.39 is 10.0 Å². The van der Waals surface area contributed by atoms with Gasteiger partial charge in [-0.2, -0.15) is 4.31 Å². The van der Waals surface area contributed by atoms with Crippen LogP contribution < -0.4 is 5.32 Å². The Morgan fingerprint density at radius 3 is 2.30 bits per heavy atom. The lowest BCUT2D eigenvalue weighted by molar-refractivity contribution is -0.0440. The minimum absolute atomic E-state index is 0.148. The highest BCUT2D eigenvalue weighted by Gasteiger charge is 2.32. The molecule has 0 saturated carbocycles. The Kier molecular flexibility index (Phi) is 5.59. The molecule has 1 aromatic heterocycles. The summed E-state index contributed by atoms with van der Waals surface area (Å²) in [6.07, 6.45) is 1.21. The number of pyridine rings is 1. The Morgan fingerprint density at radius 2 is 1.74 bits per heavy atom.